The SMILES string of the molecule is CCc1cccc(CC)c1NC(=O)CC(=O)NCc1ccccn1. The second-order valence-corrected chi connectivity index (χ2v) is 5.48. The first-order chi connectivity index (χ1) is 11.6. The minimum Gasteiger partial charge on any atom is -0.350 e. The number of hydrogen-bond donors (Lipinski definition) is 2. The minimum absolute atomic E-state index is 0.200. The lowest BCUT2D eigenvalue weighted by molar-refractivity contribution is -0.126. The number of pyridine rings is 1. The number of nitrogens with zero attached hydrogens (tertiary/aromatic N) is 1. The molecule has 0 aliphatic carbocycles. The predicted molar refractivity (Wildman–Crippen MR) is 94.5 cm³/mol. The molecule has 2 rings (SSSR count). The first kappa shape index (κ1) is 17.7. The zero-order chi connectivity index (χ0) is 17.4. The Kier molecular flexibility index (Phi) is 6.49. The molecule has 0 saturated heterocycles. The molecular weight excluding hydrogens is 302 g/mol. The molecule has 2 N–H and O–H groups in total. The maximum Gasteiger partial charge on any atom is 0.233 e. The van der Waals surface area contributed by atoms with Crippen LogP contribution >= 0.6 is 0 Å². The summed E-state index contributed by atoms with van der Waals surface area (Å²) in [6, 6.07) is 11.5. The van der Waals surface area contributed by atoms with Crippen LogP contribution in [0.4, 0.5) is 5.69 Å². The molecule has 1 aromatic carbocycles. The standard InChI is InChI=1S/C19H23N3O2/c1-3-14-8-7-9-15(4-2)19(14)22-18(24)12-17(23)21-13-16-10-5-6-11-20-16/h5-11H,3-4,12-13H2,1-2H3,(H,21,23)(H,22,24). The average Bonchev–Trinajstić information content (AvgIpc) is 2.61. The topological polar surface area (TPSA) is 71.1 Å². The molecule has 126 valence electrons. The number of rotatable bonds is 7. The number of benzene rings is 1. The smallest absolute Gasteiger partial charge is 0.233 e. The molecule has 0 unspecified atom stereocenters. The number of hydrogen-bond acceptors (Lipinski definition) is 3. The molecule has 0 spiro atoms. The largest absolute Gasteiger partial charge is 0.350 e. The van der Waals surface area contributed by atoms with Crippen LogP contribution in [-0.2, 0) is 29.0 Å². The zero-order valence-corrected chi connectivity index (χ0v) is 14.1. The molecule has 0 fully saturated rings. The minimum atomic E-state index is -0.315. The highest BCUT2D eigenvalue weighted by molar-refractivity contribution is 6.04. The Bertz CT molecular complexity index is 677. The van der Waals surface area contributed by atoms with E-state index in [1.807, 2.05) is 50.2 Å². The maximum atomic E-state index is 12.2. The summed E-state index contributed by atoms with van der Waals surface area (Å²) in [6.07, 6.45) is 3.13. The van der Waals surface area contributed by atoms with Crippen molar-refractivity contribution >= 4 is 17.5 Å². The molecule has 0 atom stereocenters. The van der Waals surface area contributed by atoms with Gasteiger partial charge in [-0.25, -0.2) is 0 Å². The molecule has 1 heterocycles. The van der Waals surface area contributed by atoms with Crippen LogP contribution in [0, 0.1) is 0 Å². The van der Waals surface area contributed by atoms with E-state index in [1.54, 1.807) is 6.20 Å². The molecule has 1 aromatic heterocycles. The van der Waals surface area contributed by atoms with Crippen LogP contribution in [0.5, 0.6) is 0 Å². The van der Waals surface area contributed by atoms with Gasteiger partial charge in [-0.05, 0) is 36.1 Å². The van der Waals surface area contributed by atoms with Crippen molar-refractivity contribution in [3.05, 3.63) is 59.4 Å². The van der Waals surface area contributed by atoms with Gasteiger partial charge in [-0.1, -0.05) is 38.1 Å². The normalized spacial score (nSPS) is 10.2. The third-order valence-corrected chi connectivity index (χ3v) is 3.78. The Labute approximate surface area is 142 Å². The van der Waals surface area contributed by atoms with Gasteiger partial charge >= 0.3 is 0 Å². The zero-order valence-electron chi connectivity index (χ0n) is 14.1. The van der Waals surface area contributed by atoms with Gasteiger partial charge in [0, 0.05) is 11.9 Å². The molecule has 0 aliphatic heterocycles. The van der Waals surface area contributed by atoms with Crippen LogP contribution in [0.1, 0.15) is 37.1 Å². The van der Waals surface area contributed by atoms with E-state index in [1.165, 1.54) is 0 Å². The quantitative estimate of drug-likeness (QED) is 0.769. The third-order valence-electron chi connectivity index (χ3n) is 3.78. The van der Waals surface area contributed by atoms with Gasteiger partial charge in [-0.2, -0.15) is 0 Å². The lowest BCUT2D eigenvalue weighted by Crippen LogP contribution is -2.28. The summed E-state index contributed by atoms with van der Waals surface area (Å²) in [5.74, 6) is -0.616. The average molecular weight is 325 g/mol. The number of anilines is 1. The molecule has 24 heavy (non-hydrogen) atoms. The van der Waals surface area contributed by atoms with Crippen LogP contribution in [0.2, 0.25) is 0 Å². The summed E-state index contributed by atoms with van der Waals surface area (Å²) in [6.45, 7) is 4.41. The maximum absolute atomic E-state index is 12.2. The van der Waals surface area contributed by atoms with Crippen molar-refractivity contribution in [2.24, 2.45) is 0 Å². The molecule has 2 amide bonds. The number of carbonyl (C=O) groups excluding carboxylic acids is 2. The summed E-state index contributed by atoms with van der Waals surface area (Å²) in [7, 11) is 0. The highest BCUT2D eigenvalue weighted by Gasteiger charge is 2.13. The lowest BCUT2D eigenvalue weighted by Gasteiger charge is -2.14. The Balaban J connectivity index is 1.92. The van der Waals surface area contributed by atoms with Crippen LogP contribution in [0.3, 0.4) is 0 Å². The molecule has 2 aromatic rings. The van der Waals surface area contributed by atoms with E-state index in [2.05, 4.69) is 15.6 Å². The number of aromatic nitrogens is 1. The van der Waals surface area contributed by atoms with Crippen LogP contribution in [0.15, 0.2) is 42.6 Å². The molecular formula is C19H23N3O2. The van der Waals surface area contributed by atoms with E-state index in [9.17, 15) is 9.59 Å². The van der Waals surface area contributed by atoms with Gasteiger partial charge in [0.2, 0.25) is 11.8 Å². The van der Waals surface area contributed by atoms with Crippen molar-refractivity contribution in [3.63, 3.8) is 0 Å². The van der Waals surface area contributed by atoms with E-state index < -0.39 is 0 Å². The summed E-state index contributed by atoms with van der Waals surface area (Å²) in [5, 5.41) is 5.61. The summed E-state index contributed by atoms with van der Waals surface area (Å²) < 4.78 is 0. The van der Waals surface area contributed by atoms with Crippen LogP contribution in [-0.4, -0.2) is 16.8 Å². The molecule has 0 radical (unpaired) electrons. The van der Waals surface area contributed by atoms with Gasteiger partial charge in [-0.3, -0.25) is 14.6 Å². The second kappa shape index (κ2) is 8.82. The first-order valence-corrected chi connectivity index (χ1v) is 8.21. The monoisotopic (exact) mass is 325 g/mol. The van der Waals surface area contributed by atoms with Crippen molar-refractivity contribution in [2.45, 2.75) is 39.7 Å². The Morgan fingerprint density at radius 2 is 1.67 bits per heavy atom. The fraction of sp³-hybridized carbons (Fsp3) is 0.316. The van der Waals surface area contributed by atoms with Crippen molar-refractivity contribution in [1.29, 1.82) is 0 Å². The van der Waals surface area contributed by atoms with Crippen LogP contribution in [0.25, 0.3) is 0 Å². The van der Waals surface area contributed by atoms with Gasteiger partial charge < -0.3 is 10.6 Å². The van der Waals surface area contributed by atoms with Crippen molar-refractivity contribution < 1.29 is 9.59 Å². The highest BCUT2D eigenvalue weighted by atomic mass is 16.2. The first-order valence-electron chi connectivity index (χ1n) is 8.21. The van der Waals surface area contributed by atoms with Gasteiger partial charge in [-0.15, -0.1) is 0 Å². The van der Waals surface area contributed by atoms with Crippen molar-refractivity contribution in [3.8, 4) is 0 Å². The Morgan fingerprint density at radius 3 is 2.25 bits per heavy atom. The van der Waals surface area contributed by atoms with Crippen molar-refractivity contribution in [1.82, 2.24) is 10.3 Å². The number of nitrogens with one attached hydrogen (secondary N) is 2. The summed E-state index contributed by atoms with van der Waals surface area (Å²) in [4.78, 5) is 28.2. The molecule has 0 bridgehead atoms. The molecule has 5 heteroatoms. The molecule has 5 nitrogen and oxygen atoms in total. The molecule has 0 saturated carbocycles. The van der Waals surface area contributed by atoms with Gasteiger partial charge in [0.05, 0.1) is 12.2 Å². The van der Waals surface area contributed by atoms with E-state index in [0.717, 1.165) is 35.3 Å². The summed E-state index contributed by atoms with van der Waals surface area (Å²) >= 11 is 0. The van der Waals surface area contributed by atoms with E-state index in [-0.39, 0.29) is 18.2 Å². The summed E-state index contributed by atoms with van der Waals surface area (Å²) in [5.41, 5.74) is 3.76. The lowest BCUT2D eigenvalue weighted by atomic mass is 10.0. The Morgan fingerprint density at radius 1 is 0.958 bits per heavy atom. The van der Waals surface area contributed by atoms with E-state index >= 15 is 0 Å². The van der Waals surface area contributed by atoms with Crippen LogP contribution < -0.4 is 10.6 Å². The Hall–Kier alpha value is -2.69. The van der Waals surface area contributed by atoms with Crippen molar-refractivity contribution in [2.75, 3.05) is 5.32 Å². The molecule has 0 aliphatic rings. The fourth-order valence-corrected chi connectivity index (χ4v) is 2.49. The predicted octanol–water partition coefficient (Wildman–Crippen LogP) is 2.85. The highest BCUT2D eigenvalue weighted by Crippen LogP contribution is 2.22. The number of aryl methyl sites for hydroxylation is 2. The van der Waals surface area contributed by atoms with Gasteiger partial charge in [0.15, 0.2) is 0 Å². The van der Waals surface area contributed by atoms with E-state index in [4.69, 9.17) is 0 Å². The third kappa shape index (κ3) is 4.91. The van der Waals surface area contributed by atoms with E-state index in [0.29, 0.717) is 6.54 Å². The number of para-hydroxylation sites is 1. The number of carbonyl (C=O) groups is 2. The second-order valence-electron chi connectivity index (χ2n) is 5.48. The van der Waals surface area contributed by atoms with Gasteiger partial charge in [0.1, 0.15) is 6.42 Å². The van der Waals surface area contributed by atoms with Gasteiger partial charge in [0.25, 0.3) is 0 Å². The fourth-order valence-electron chi connectivity index (χ4n) is 2.49. The number of amides is 2.